The standard InChI is InChI=1S/C14H14ClF3N2O/c15-13(6-7-21-10-14(16,17)18)11-8-19-20(9-11)12-4-2-1-3-5-12/h1-5,8-9,13H,6-7,10H2. The van der Waals surface area contributed by atoms with Crippen LogP contribution in [0.2, 0.25) is 0 Å². The van der Waals surface area contributed by atoms with Gasteiger partial charge in [0, 0.05) is 18.4 Å². The average molecular weight is 319 g/mol. The summed E-state index contributed by atoms with van der Waals surface area (Å²) in [5.74, 6) is 0. The molecule has 114 valence electrons. The minimum absolute atomic E-state index is 0.0514. The Morgan fingerprint density at radius 2 is 1.95 bits per heavy atom. The molecule has 21 heavy (non-hydrogen) atoms. The van der Waals surface area contributed by atoms with E-state index in [2.05, 4.69) is 9.84 Å². The number of nitrogens with zero attached hydrogens (tertiary/aromatic N) is 2. The molecule has 0 saturated heterocycles. The van der Waals surface area contributed by atoms with Crippen molar-refractivity contribution < 1.29 is 17.9 Å². The van der Waals surface area contributed by atoms with Crippen molar-refractivity contribution in [2.45, 2.75) is 18.0 Å². The van der Waals surface area contributed by atoms with Crippen molar-refractivity contribution in [1.29, 1.82) is 0 Å². The molecule has 7 heteroatoms. The number of halogens is 4. The van der Waals surface area contributed by atoms with Gasteiger partial charge in [0.1, 0.15) is 6.61 Å². The van der Waals surface area contributed by atoms with Gasteiger partial charge in [-0.3, -0.25) is 0 Å². The molecule has 3 nitrogen and oxygen atoms in total. The molecule has 0 saturated carbocycles. The Hall–Kier alpha value is -1.53. The zero-order chi connectivity index (χ0) is 15.3. The first-order chi connectivity index (χ1) is 9.96. The Balaban J connectivity index is 1.86. The summed E-state index contributed by atoms with van der Waals surface area (Å²) < 4.78 is 42.0. The number of benzene rings is 1. The van der Waals surface area contributed by atoms with Gasteiger partial charge in [0.15, 0.2) is 0 Å². The molecule has 0 N–H and O–H groups in total. The summed E-state index contributed by atoms with van der Waals surface area (Å²) in [5, 5.41) is 3.75. The van der Waals surface area contributed by atoms with Crippen LogP contribution in [0.4, 0.5) is 13.2 Å². The molecule has 0 aliphatic carbocycles. The summed E-state index contributed by atoms with van der Waals surface area (Å²) >= 11 is 6.14. The molecule has 0 fully saturated rings. The SMILES string of the molecule is FC(F)(F)COCCC(Cl)c1cnn(-c2ccccc2)c1. The monoisotopic (exact) mass is 318 g/mol. The molecular weight excluding hydrogens is 305 g/mol. The van der Waals surface area contributed by atoms with Crippen LogP contribution in [0, 0.1) is 0 Å². The van der Waals surface area contributed by atoms with Gasteiger partial charge in [0.05, 0.1) is 17.3 Å². The highest BCUT2D eigenvalue weighted by atomic mass is 35.5. The van der Waals surface area contributed by atoms with E-state index in [9.17, 15) is 13.2 Å². The Labute approximate surface area is 125 Å². The van der Waals surface area contributed by atoms with Crippen molar-refractivity contribution in [1.82, 2.24) is 9.78 Å². The first-order valence-corrected chi connectivity index (χ1v) is 6.78. The fourth-order valence-electron chi connectivity index (χ4n) is 1.76. The van der Waals surface area contributed by atoms with Crippen molar-refractivity contribution in [3.63, 3.8) is 0 Å². The van der Waals surface area contributed by atoms with Crippen molar-refractivity contribution in [2.75, 3.05) is 13.2 Å². The molecule has 0 aliphatic heterocycles. The molecular formula is C14H14ClF3N2O. The Kier molecular flexibility index (Phi) is 5.25. The summed E-state index contributed by atoms with van der Waals surface area (Å²) in [6, 6.07) is 9.47. The van der Waals surface area contributed by atoms with Crippen LogP contribution in [0.25, 0.3) is 5.69 Å². The maximum absolute atomic E-state index is 11.9. The summed E-state index contributed by atoms with van der Waals surface area (Å²) in [5.41, 5.74) is 1.64. The third-order valence-electron chi connectivity index (χ3n) is 2.77. The lowest BCUT2D eigenvalue weighted by molar-refractivity contribution is -0.174. The quantitative estimate of drug-likeness (QED) is 0.592. The number of para-hydroxylation sites is 1. The number of aromatic nitrogens is 2. The molecule has 1 atom stereocenters. The highest BCUT2D eigenvalue weighted by Gasteiger charge is 2.27. The van der Waals surface area contributed by atoms with Crippen molar-refractivity contribution in [2.24, 2.45) is 0 Å². The van der Waals surface area contributed by atoms with E-state index in [1.807, 2.05) is 30.3 Å². The van der Waals surface area contributed by atoms with E-state index in [4.69, 9.17) is 11.6 Å². The maximum atomic E-state index is 11.9. The van der Waals surface area contributed by atoms with Crippen molar-refractivity contribution in [3.8, 4) is 5.69 Å². The average Bonchev–Trinajstić information content (AvgIpc) is 2.93. The second-order valence-electron chi connectivity index (χ2n) is 4.48. The van der Waals surface area contributed by atoms with Gasteiger partial charge >= 0.3 is 6.18 Å². The molecule has 1 aromatic heterocycles. The van der Waals surface area contributed by atoms with Gasteiger partial charge in [0.2, 0.25) is 0 Å². The molecule has 2 aromatic rings. The number of hydrogen-bond donors (Lipinski definition) is 0. The summed E-state index contributed by atoms with van der Waals surface area (Å²) in [7, 11) is 0. The molecule has 1 heterocycles. The number of hydrogen-bond acceptors (Lipinski definition) is 2. The number of ether oxygens (including phenoxy) is 1. The maximum Gasteiger partial charge on any atom is 0.411 e. The van der Waals surface area contributed by atoms with Gasteiger partial charge in [-0.05, 0) is 18.6 Å². The van der Waals surface area contributed by atoms with Crippen LogP contribution in [0.3, 0.4) is 0 Å². The van der Waals surface area contributed by atoms with Gasteiger partial charge in [-0.15, -0.1) is 11.6 Å². The van der Waals surface area contributed by atoms with E-state index in [0.717, 1.165) is 11.3 Å². The van der Waals surface area contributed by atoms with Crippen LogP contribution in [0.5, 0.6) is 0 Å². The van der Waals surface area contributed by atoms with Crippen LogP contribution in [0.15, 0.2) is 42.7 Å². The van der Waals surface area contributed by atoms with Crippen LogP contribution < -0.4 is 0 Å². The van der Waals surface area contributed by atoms with Crippen molar-refractivity contribution in [3.05, 3.63) is 48.3 Å². The number of alkyl halides is 4. The van der Waals surface area contributed by atoms with Gasteiger partial charge < -0.3 is 4.74 Å². The Morgan fingerprint density at radius 3 is 2.62 bits per heavy atom. The highest BCUT2D eigenvalue weighted by Crippen LogP contribution is 2.25. The topological polar surface area (TPSA) is 27.1 Å². The van der Waals surface area contributed by atoms with Gasteiger partial charge in [0.25, 0.3) is 0 Å². The predicted molar refractivity (Wildman–Crippen MR) is 73.6 cm³/mol. The van der Waals surface area contributed by atoms with E-state index >= 15 is 0 Å². The van der Waals surface area contributed by atoms with Crippen LogP contribution in [0.1, 0.15) is 17.4 Å². The lowest BCUT2D eigenvalue weighted by atomic mass is 10.2. The Morgan fingerprint density at radius 1 is 1.24 bits per heavy atom. The lowest BCUT2D eigenvalue weighted by Crippen LogP contribution is -2.17. The minimum atomic E-state index is -4.31. The van der Waals surface area contributed by atoms with Gasteiger partial charge in [-0.1, -0.05) is 18.2 Å². The second-order valence-corrected chi connectivity index (χ2v) is 5.00. The van der Waals surface area contributed by atoms with E-state index in [-0.39, 0.29) is 13.0 Å². The van der Waals surface area contributed by atoms with E-state index in [0.29, 0.717) is 0 Å². The smallest absolute Gasteiger partial charge is 0.372 e. The summed E-state index contributed by atoms with van der Waals surface area (Å²) in [6.45, 7) is -1.30. The van der Waals surface area contributed by atoms with Crippen LogP contribution >= 0.6 is 11.6 Å². The van der Waals surface area contributed by atoms with Crippen LogP contribution in [-0.4, -0.2) is 29.2 Å². The fraction of sp³-hybridized carbons (Fsp3) is 0.357. The summed E-state index contributed by atoms with van der Waals surface area (Å²) in [4.78, 5) is 0. The van der Waals surface area contributed by atoms with Gasteiger partial charge in [-0.2, -0.15) is 18.3 Å². The second kappa shape index (κ2) is 6.95. The zero-order valence-corrected chi connectivity index (χ0v) is 11.8. The van der Waals surface area contributed by atoms with E-state index < -0.39 is 18.2 Å². The van der Waals surface area contributed by atoms with Crippen LogP contribution in [-0.2, 0) is 4.74 Å². The zero-order valence-electron chi connectivity index (χ0n) is 11.1. The first-order valence-electron chi connectivity index (χ1n) is 6.34. The van der Waals surface area contributed by atoms with Crippen molar-refractivity contribution >= 4 is 11.6 Å². The predicted octanol–water partition coefficient (Wildman–Crippen LogP) is 4.12. The third kappa shape index (κ3) is 5.06. The largest absolute Gasteiger partial charge is 0.411 e. The summed E-state index contributed by atoms with van der Waals surface area (Å²) in [6.07, 6.45) is -0.649. The molecule has 0 spiro atoms. The molecule has 1 aromatic carbocycles. The molecule has 2 rings (SSSR count). The van der Waals surface area contributed by atoms with E-state index in [1.54, 1.807) is 17.1 Å². The molecule has 0 aliphatic rings. The molecule has 0 radical (unpaired) electrons. The van der Waals surface area contributed by atoms with E-state index in [1.165, 1.54) is 0 Å². The molecule has 1 unspecified atom stereocenters. The highest BCUT2D eigenvalue weighted by molar-refractivity contribution is 6.20. The first kappa shape index (κ1) is 15.9. The van der Waals surface area contributed by atoms with Gasteiger partial charge in [-0.25, -0.2) is 4.68 Å². The Bertz CT molecular complexity index is 557. The normalized spacial score (nSPS) is 13.3. The lowest BCUT2D eigenvalue weighted by Gasteiger charge is -2.09. The number of rotatable bonds is 6. The molecule has 0 amide bonds. The third-order valence-corrected chi connectivity index (χ3v) is 3.24. The molecule has 0 bridgehead atoms. The minimum Gasteiger partial charge on any atom is -0.372 e. The fourth-order valence-corrected chi connectivity index (χ4v) is 1.96.